The molecule has 0 radical (unpaired) electrons. The van der Waals surface area contributed by atoms with Crippen molar-refractivity contribution in [2.24, 2.45) is 0 Å². The van der Waals surface area contributed by atoms with E-state index in [2.05, 4.69) is 15.5 Å². The van der Waals surface area contributed by atoms with Crippen molar-refractivity contribution in [3.8, 4) is 16.8 Å². The van der Waals surface area contributed by atoms with Crippen LogP contribution in [-0.4, -0.2) is 26.4 Å². The highest BCUT2D eigenvalue weighted by Gasteiger charge is 2.12. The van der Waals surface area contributed by atoms with Crippen LogP contribution in [0.1, 0.15) is 0 Å². The maximum atomic E-state index is 12.6. The molecule has 0 unspecified atom stereocenters. The van der Waals surface area contributed by atoms with Gasteiger partial charge < -0.3 is 5.32 Å². The third-order valence-electron chi connectivity index (χ3n) is 4.22. The number of aromatic nitrogens is 3. The highest BCUT2D eigenvalue weighted by molar-refractivity contribution is 7.99. The van der Waals surface area contributed by atoms with Crippen molar-refractivity contribution >= 4 is 35.0 Å². The fourth-order valence-corrected chi connectivity index (χ4v) is 3.82. The van der Waals surface area contributed by atoms with E-state index in [0.717, 1.165) is 22.5 Å². The summed E-state index contributed by atoms with van der Waals surface area (Å²) in [5.74, 6) is 0.0987. The first-order chi connectivity index (χ1) is 14.2. The molecule has 0 aliphatic carbocycles. The Labute approximate surface area is 177 Å². The van der Waals surface area contributed by atoms with E-state index < -0.39 is 0 Å². The zero-order valence-corrected chi connectivity index (χ0v) is 16.9. The van der Waals surface area contributed by atoms with Crippen molar-refractivity contribution in [1.29, 1.82) is 0 Å². The van der Waals surface area contributed by atoms with Crippen molar-refractivity contribution in [3.63, 3.8) is 0 Å². The van der Waals surface area contributed by atoms with Gasteiger partial charge in [0, 0.05) is 16.3 Å². The predicted molar refractivity (Wildman–Crippen MR) is 118 cm³/mol. The summed E-state index contributed by atoms with van der Waals surface area (Å²) >= 11 is 7.39. The minimum Gasteiger partial charge on any atom is -0.325 e. The molecule has 0 aliphatic heterocycles. The van der Waals surface area contributed by atoms with Gasteiger partial charge in [-0.25, -0.2) is 0 Å². The zero-order chi connectivity index (χ0) is 20.1. The largest absolute Gasteiger partial charge is 0.325 e. The molecule has 1 heterocycles. The molecule has 4 rings (SSSR count). The smallest absolute Gasteiger partial charge is 0.234 e. The number of hydrogen-bond acceptors (Lipinski definition) is 4. The number of hydrogen-bond donors (Lipinski definition) is 1. The van der Waals surface area contributed by atoms with E-state index in [1.165, 1.54) is 11.8 Å². The van der Waals surface area contributed by atoms with Gasteiger partial charge in [0.15, 0.2) is 5.16 Å². The van der Waals surface area contributed by atoms with Crippen LogP contribution in [-0.2, 0) is 4.79 Å². The average Bonchev–Trinajstić information content (AvgIpc) is 3.22. The van der Waals surface area contributed by atoms with Crippen molar-refractivity contribution in [3.05, 3.63) is 90.2 Å². The SMILES string of the molecule is O=C(CSc1nncn1-c1cccc(Cl)c1)Nc1ccccc1-c1ccccc1. The number of nitrogens with zero attached hydrogens (tertiary/aromatic N) is 3. The number of rotatable bonds is 6. The Kier molecular flexibility index (Phi) is 5.93. The Morgan fingerprint density at radius 1 is 1.00 bits per heavy atom. The van der Waals surface area contributed by atoms with Gasteiger partial charge in [-0.05, 0) is 29.8 Å². The summed E-state index contributed by atoms with van der Waals surface area (Å²) in [5, 5.41) is 12.3. The van der Waals surface area contributed by atoms with E-state index in [1.807, 2.05) is 77.4 Å². The first-order valence-electron chi connectivity index (χ1n) is 8.94. The second-order valence-corrected chi connectivity index (χ2v) is 7.59. The summed E-state index contributed by atoms with van der Waals surface area (Å²) in [6, 6.07) is 25.1. The highest BCUT2D eigenvalue weighted by atomic mass is 35.5. The number of anilines is 1. The Bertz CT molecular complexity index is 1130. The maximum absolute atomic E-state index is 12.6. The number of para-hydroxylation sites is 1. The normalized spacial score (nSPS) is 10.7. The van der Waals surface area contributed by atoms with Crippen molar-refractivity contribution < 1.29 is 4.79 Å². The molecule has 1 N–H and O–H groups in total. The van der Waals surface area contributed by atoms with Gasteiger partial charge in [0.25, 0.3) is 0 Å². The van der Waals surface area contributed by atoms with Gasteiger partial charge in [-0.15, -0.1) is 10.2 Å². The number of carbonyl (C=O) groups is 1. The van der Waals surface area contributed by atoms with Crippen molar-refractivity contribution in [2.45, 2.75) is 5.16 Å². The van der Waals surface area contributed by atoms with Crippen LogP contribution in [0.3, 0.4) is 0 Å². The Balaban J connectivity index is 1.46. The monoisotopic (exact) mass is 420 g/mol. The molecular weight excluding hydrogens is 404 g/mol. The van der Waals surface area contributed by atoms with Crippen LogP contribution in [0.4, 0.5) is 5.69 Å². The first kappa shape index (κ1) is 19.2. The lowest BCUT2D eigenvalue weighted by Crippen LogP contribution is -2.15. The van der Waals surface area contributed by atoms with Crippen LogP contribution < -0.4 is 5.32 Å². The molecule has 4 aromatic rings. The molecule has 29 heavy (non-hydrogen) atoms. The second kappa shape index (κ2) is 8.94. The third kappa shape index (κ3) is 4.67. The number of nitrogens with one attached hydrogen (secondary N) is 1. The lowest BCUT2D eigenvalue weighted by atomic mass is 10.0. The Hall–Kier alpha value is -3.09. The van der Waals surface area contributed by atoms with Gasteiger partial charge in [-0.2, -0.15) is 0 Å². The van der Waals surface area contributed by atoms with E-state index in [0.29, 0.717) is 10.2 Å². The van der Waals surface area contributed by atoms with Gasteiger partial charge >= 0.3 is 0 Å². The molecule has 0 bridgehead atoms. The molecule has 0 saturated heterocycles. The maximum Gasteiger partial charge on any atom is 0.234 e. The van der Waals surface area contributed by atoms with Crippen LogP contribution in [0.25, 0.3) is 16.8 Å². The molecule has 0 saturated carbocycles. The summed E-state index contributed by atoms with van der Waals surface area (Å²) in [6.07, 6.45) is 1.61. The molecule has 3 aromatic carbocycles. The predicted octanol–water partition coefficient (Wildman–Crippen LogP) is 5.32. The van der Waals surface area contributed by atoms with E-state index in [4.69, 9.17) is 11.6 Å². The first-order valence-corrected chi connectivity index (χ1v) is 10.3. The molecular formula is C22H17ClN4OS. The third-order valence-corrected chi connectivity index (χ3v) is 5.40. The second-order valence-electron chi connectivity index (χ2n) is 6.21. The molecule has 0 fully saturated rings. The minimum absolute atomic E-state index is 0.112. The molecule has 0 spiro atoms. The van der Waals surface area contributed by atoms with E-state index in [1.54, 1.807) is 12.4 Å². The standard InChI is InChI=1S/C22H17ClN4OS/c23-17-9-6-10-18(13-17)27-15-24-26-22(27)29-14-21(28)25-20-12-5-4-11-19(20)16-7-2-1-3-8-16/h1-13,15H,14H2,(H,25,28). The lowest BCUT2D eigenvalue weighted by Gasteiger charge is -2.11. The van der Waals surface area contributed by atoms with Crippen LogP contribution >= 0.6 is 23.4 Å². The van der Waals surface area contributed by atoms with Crippen molar-refractivity contribution in [1.82, 2.24) is 14.8 Å². The van der Waals surface area contributed by atoms with Crippen LogP contribution in [0.15, 0.2) is 90.3 Å². The minimum atomic E-state index is -0.112. The Morgan fingerprint density at radius 3 is 2.62 bits per heavy atom. The zero-order valence-electron chi connectivity index (χ0n) is 15.3. The summed E-state index contributed by atoms with van der Waals surface area (Å²) < 4.78 is 1.81. The summed E-state index contributed by atoms with van der Waals surface area (Å²) in [5.41, 5.74) is 3.66. The number of halogens is 1. The summed E-state index contributed by atoms with van der Waals surface area (Å²) in [7, 11) is 0. The summed E-state index contributed by atoms with van der Waals surface area (Å²) in [6.45, 7) is 0. The van der Waals surface area contributed by atoms with E-state index >= 15 is 0 Å². The van der Waals surface area contributed by atoms with Crippen LogP contribution in [0, 0.1) is 0 Å². The van der Waals surface area contributed by atoms with Crippen LogP contribution in [0.2, 0.25) is 5.02 Å². The quantitative estimate of drug-likeness (QED) is 0.429. The van der Waals surface area contributed by atoms with E-state index in [9.17, 15) is 4.79 Å². The fourth-order valence-electron chi connectivity index (χ4n) is 2.90. The number of carbonyl (C=O) groups excluding carboxylic acids is 1. The summed E-state index contributed by atoms with van der Waals surface area (Å²) in [4.78, 5) is 12.6. The van der Waals surface area contributed by atoms with E-state index in [-0.39, 0.29) is 11.7 Å². The molecule has 5 nitrogen and oxygen atoms in total. The number of thioether (sulfide) groups is 1. The molecule has 144 valence electrons. The number of benzene rings is 3. The average molecular weight is 421 g/mol. The molecule has 0 aliphatic rings. The lowest BCUT2D eigenvalue weighted by molar-refractivity contribution is -0.113. The Morgan fingerprint density at radius 2 is 1.79 bits per heavy atom. The molecule has 7 heteroatoms. The molecule has 1 amide bonds. The van der Waals surface area contributed by atoms with Gasteiger partial charge in [-0.1, -0.05) is 78.0 Å². The fraction of sp³-hybridized carbons (Fsp3) is 0.0455. The van der Waals surface area contributed by atoms with Gasteiger partial charge in [0.05, 0.1) is 11.4 Å². The van der Waals surface area contributed by atoms with Gasteiger partial charge in [0.1, 0.15) is 6.33 Å². The van der Waals surface area contributed by atoms with Crippen LogP contribution in [0.5, 0.6) is 0 Å². The van der Waals surface area contributed by atoms with Crippen molar-refractivity contribution in [2.75, 3.05) is 11.1 Å². The van der Waals surface area contributed by atoms with Gasteiger partial charge in [0.2, 0.25) is 5.91 Å². The molecule has 1 aromatic heterocycles. The molecule has 0 atom stereocenters. The highest BCUT2D eigenvalue weighted by Crippen LogP contribution is 2.28. The topological polar surface area (TPSA) is 59.8 Å². The number of amides is 1. The van der Waals surface area contributed by atoms with Gasteiger partial charge in [-0.3, -0.25) is 9.36 Å².